The Balaban J connectivity index is 0. The van der Waals surface area contributed by atoms with Gasteiger partial charge in [-0.2, -0.15) is 12.6 Å². The normalized spacial score (nSPS) is 9.69. The first kappa shape index (κ1) is 16.5. The van der Waals surface area contributed by atoms with Gasteiger partial charge in [0.2, 0.25) is 0 Å². The van der Waals surface area contributed by atoms with E-state index in [2.05, 4.69) is 19.6 Å². The van der Waals surface area contributed by atoms with Crippen molar-refractivity contribution in [3.05, 3.63) is 0 Å². The van der Waals surface area contributed by atoms with Gasteiger partial charge in [0, 0.05) is 22.4 Å². The third-order valence-electron chi connectivity index (χ3n) is 2.26. The van der Waals surface area contributed by atoms with Crippen LogP contribution in [0.4, 0.5) is 0 Å². The summed E-state index contributed by atoms with van der Waals surface area (Å²) in [7, 11) is 0. The van der Waals surface area contributed by atoms with E-state index in [1.807, 2.05) is 0 Å². The summed E-state index contributed by atoms with van der Waals surface area (Å²) in [5.41, 5.74) is 0. The van der Waals surface area contributed by atoms with Crippen LogP contribution in [0.15, 0.2) is 0 Å². The fraction of sp³-hybridized carbons (Fsp3) is 1.00. The molecule has 0 heterocycles. The molecule has 0 atom stereocenters. The summed E-state index contributed by atoms with van der Waals surface area (Å²) in [6, 6.07) is 0. The molecule has 0 fully saturated rings. The van der Waals surface area contributed by atoms with E-state index in [1.54, 1.807) is 0 Å². The van der Waals surface area contributed by atoms with E-state index in [0.717, 1.165) is 5.75 Å². The Morgan fingerprint density at radius 2 is 1.08 bits per heavy atom. The standard InChI is InChI=1S/C11H24S.Ag/c1-2-3-4-5-6-7-8-9-10-11-12;/h12H,2-11H2,1H3;. The van der Waals surface area contributed by atoms with Gasteiger partial charge in [-0.1, -0.05) is 58.3 Å². The van der Waals surface area contributed by atoms with Gasteiger partial charge in [0.05, 0.1) is 0 Å². The second-order valence-corrected chi connectivity index (χ2v) is 4.00. The van der Waals surface area contributed by atoms with Crippen molar-refractivity contribution in [2.75, 3.05) is 5.75 Å². The zero-order valence-electron chi connectivity index (χ0n) is 8.82. The van der Waals surface area contributed by atoms with Gasteiger partial charge < -0.3 is 0 Å². The summed E-state index contributed by atoms with van der Waals surface area (Å²) in [4.78, 5) is 0. The topological polar surface area (TPSA) is 0 Å². The first-order valence-electron chi connectivity index (χ1n) is 5.52. The van der Waals surface area contributed by atoms with Gasteiger partial charge in [-0.15, -0.1) is 0 Å². The Bertz CT molecular complexity index is 66.5. The smallest absolute Gasteiger partial charge is 0 e. The van der Waals surface area contributed by atoms with Gasteiger partial charge in [0.25, 0.3) is 0 Å². The maximum absolute atomic E-state index is 4.19. The molecule has 0 spiro atoms. The molecule has 2 heteroatoms. The van der Waals surface area contributed by atoms with E-state index in [1.165, 1.54) is 57.8 Å². The minimum absolute atomic E-state index is 0. The zero-order chi connectivity index (χ0) is 9.07. The van der Waals surface area contributed by atoms with Crippen LogP contribution in [0.25, 0.3) is 0 Å². The van der Waals surface area contributed by atoms with Crippen molar-refractivity contribution in [3.63, 3.8) is 0 Å². The molecule has 0 aliphatic heterocycles. The Hall–Kier alpha value is 1.09. The first-order valence-corrected chi connectivity index (χ1v) is 6.16. The molecular weight excluding hydrogens is 272 g/mol. The number of hydrogen-bond acceptors (Lipinski definition) is 1. The summed E-state index contributed by atoms with van der Waals surface area (Å²) in [6.45, 7) is 2.27. The molecule has 0 nitrogen and oxygen atoms in total. The summed E-state index contributed by atoms with van der Waals surface area (Å²) in [5.74, 6) is 1.07. The van der Waals surface area contributed by atoms with Crippen molar-refractivity contribution in [1.82, 2.24) is 0 Å². The summed E-state index contributed by atoms with van der Waals surface area (Å²) < 4.78 is 0. The second-order valence-electron chi connectivity index (χ2n) is 3.55. The number of rotatable bonds is 9. The maximum Gasteiger partial charge on any atom is 0 e. The molecule has 0 amide bonds. The van der Waals surface area contributed by atoms with E-state index >= 15 is 0 Å². The van der Waals surface area contributed by atoms with Crippen LogP contribution in [0.5, 0.6) is 0 Å². The third kappa shape index (κ3) is 15.8. The second kappa shape index (κ2) is 15.6. The average molecular weight is 296 g/mol. The summed E-state index contributed by atoms with van der Waals surface area (Å²) in [6.07, 6.45) is 12.7. The molecule has 0 bridgehead atoms. The minimum atomic E-state index is 0. The Morgan fingerprint density at radius 3 is 1.46 bits per heavy atom. The molecule has 85 valence electrons. The monoisotopic (exact) mass is 295 g/mol. The van der Waals surface area contributed by atoms with Gasteiger partial charge in [-0.3, -0.25) is 0 Å². The largest absolute Gasteiger partial charge is 0.179 e. The summed E-state index contributed by atoms with van der Waals surface area (Å²) >= 11 is 4.19. The Labute approximate surface area is 105 Å². The van der Waals surface area contributed by atoms with Gasteiger partial charge in [0.15, 0.2) is 0 Å². The van der Waals surface area contributed by atoms with Crippen LogP contribution in [-0.4, -0.2) is 5.75 Å². The predicted octanol–water partition coefficient (Wildman–Crippen LogP) is 4.44. The number of thiol groups is 1. The fourth-order valence-corrected chi connectivity index (χ4v) is 1.65. The Morgan fingerprint density at radius 1 is 0.692 bits per heavy atom. The third-order valence-corrected chi connectivity index (χ3v) is 2.58. The van der Waals surface area contributed by atoms with Crippen molar-refractivity contribution in [2.24, 2.45) is 0 Å². The van der Waals surface area contributed by atoms with Crippen molar-refractivity contribution < 1.29 is 22.4 Å². The molecule has 0 N–H and O–H groups in total. The quantitative estimate of drug-likeness (QED) is 0.363. The van der Waals surface area contributed by atoms with Crippen LogP contribution in [0, 0.1) is 0 Å². The van der Waals surface area contributed by atoms with Crippen LogP contribution in [0.2, 0.25) is 0 Å². The molecule has 0 aromatic heterocycles. The van der Waals surface area contributed by atoms with Crippen LogP contribution < -0.4 is 0 Å². The van der Waals surface area contributed by atoms with E-state index in [4.69, 9.17) is 0 Å². The first-order chi connectivity index (χ1) is 5.91. The van der Waals surface area contributed by atoms with Crippen molar-refractivity contribution in [1.29, 1.82) is 0 Å². The molecule has 0 saturated heterocycles. The Kier molecular flexibility index (Phi) is 19.8. The average Bonchev–Trinajstić information content (AvgIpc) is 2.10. The zero-order valence-corrected chi connectivity index (χ0v) is 11.2. The van der Waals surface area contributed by atoms with Crippen molar-refractivity contribution in [3.8, 4) is 0 Å². The number of unbranched alkanes of at least 4 members (excludes halogenated alkanes) is 8. The summed E-state index contributed by atoms with van der Waals surface area (Å²) in [5, 5.41) is 0. The van der Waals surface area contributed by atoms with Crippen molar-refractivity contribution >= 4 is 12.6 Å². The molecule has 0 aliphatic carbocycles. The van der Waals surface area contributed by atoms with Gasteiger partial charge in [-0.25, -0.2) is 0 Å². The molecule has 0 rings (SSSR count). The molecule has 0 unspecified atom stereocenters. The van der Waals surface area contributed by atoms with E-state index in [9.17, 15) is 0 Å². The molecule has 0 aliphatic rings. The molecular formula is C11H24AgS. The van der Waals surface area contributed by atoms with Crippen LogP contribution in [-0.2, 0) is 22.4 Å². The van der Waals surface area contributed by atoms with E-state index < -0.39 is 0 Å². The number of hydrogen-bond donors (Lipinski definition) is 1. The van der Waals surface area contributed by atoms with Gasteiger partial charge in [-0.05, 0) is 12.2 Å². The van der Waals surface area contributed by atoms with Crippen LogP contribution in [0.1, 0.15) is 64.7 Å². The molecule has 0 aromatic rings. The van der Waals surface area contributed by atoms with Gasteiger partial charge in [0.1, 0.15) is 0 Å². The van der Waals surface area contributed by atoms with Gasteiger partial charge >= 0.3 is 0 Å². The molecule has 0 aromatic carbocycles. The van der Waals surface area contributed by atoms with Crippen LogP contribution >= 0.6 is 12.6 Å². The van der Waals surface area contributed by atoms with Crippen LogP contribution in [0.3, 0.4) is 0 Å². The SMILES string of the molecule is CCCCCCCCCCCS.[Ag]. The molecule has 1 radical (unpaired) electrons. The molecule has 0 saturated carbocycles. The molecule has 13 heavy (non-hydrogen) atoms. The fourth-order valence-electron chi connectivity index (χ4n) is 1.42. The van der Waals surface area contributed by atoms with E-state index in [-0.39, 0.29) is 22.4 Å². The minimum Gasteiger partial charge on any atom is -0.179 e. The van der Waals surface area contributed by atoms with Crippen molar-refractivity contribution in [2.45, 2.75) is 64.7 Å². The maximum atomic E-state index is 4.19. The predicted molar refractivity (Wildman–Crippen MR) is 61.1 cm³/mol. The van der Waals surface area contributed by atoms with E-state index in [0.29, 0.717) is 0 Å².